The Morgan fingerprint density at radius 1 is 1.12 bits per heavy atom. The number of methoxy groups -OCH3 is 1. The lowest BCUT2D eigenvalue weighted by Gasteiger charge is -2.12. The van der Waals surface area contributed by atoms with E-state index >= 15 is 0 Å². The van der Waals surface area contributed by atoms with Gasteiger partial charge in [-0.1, -0.05) is 27.6 Å². The minimum atomic E-state index is -0.209. The van der Waals surface area contributed by atoms with Gasteiger partial charge in [-0.2, -0.15) is 0 Å². The van der Waals surface area contributed by atoms with Gasteiger partial charge in [-0.3, -0.25) is 9.78 Å². The summed E-state index contributed by atoms with van der Waals surface area (Å²) in [7, 11) is 1.57. The van der Waals surface area contributed by atoms with Crippen LogP contribution in [-0.2, 0) is 0 Å². The number of aryl methyl sites for hydroxylation is 2. The second-order valence-electron chi connectivity index (χ2n) is 5.62. The Labute approximate surface area is 149 Å². The van der Waals surface area contributed by atoms with Gasteiger partial charge in [-0.25, -0.2) is 0 Å². The minimum Gasteiger partial charge on any atom is -0.495 e. The molecular formula is C19H17BrN2O2. The molecule has 0 radical (unpaired) electrons. The van der Waals surface area contributed by atoms with Crippen molar-refractivity contribution in [2.75, 3.05) is 12.4 Å². The Hall–Kier alpha value is -2.40. The van der Waals surface area contributed by atoms with E-state index in [1.54, 1.807) is 13.2 Å². The van der Waals surface area contributed by atoms with Gasteiger partial charge in [-0.15, -0.1) is 0 Å². The number of halogens is 1. The van der Waals surface area contributed by atoms with Crippen LogP contribution in [0.15, 0.2) is 46.9 Å². The molecule has 3 rings (SSSR count). The van der Waals surface area contributed by atoms with Gasteiger partial charge in [-0.05, 0) is 50.2 Å². The maximum atomic E-state index is 12.7. The van der Waals surface area contributed by atoms with Gasteiger partial charge >= 0.3 is 0 Å². The standard InChI is InChI=1S/C19H17BrN2O2/c1-11-4-6-16-13(8-11)9-15(12(2)21-16)19(23)22-17-10-14(20)5-7-18(17)24-3/h4-10H,1-3H3,(H,22,23). The van der Waals surface area contributed by atoms with Crippen molar-refractivity contribution in [1.29, 1.82) is 0 Å². The summed E-state index contributed by atoms with van der Waals surface area (Å²) >= 11 is 3.41. The van der Waals surface area contributed by atoms with E-state index < -0.39 is 0 Å². The maximum Gasteiger partial charge on any atom is 0.257 e. The highest BCUT2D eigenvalue weighted by Crippen LogP contribution is 2.29. The monoisotopic (exact) mass is 384 g/mol. The van der Waals surface area contributed by atoms with Gasteiger partial charge in [0.1, 0.15) is 5.75 Å². The molecule has 0 spiro atoms. The molecule has 1 heterocycles. The fourth-order valence-corrected chi connectivity index (χ4v) is 2.95. The molecule has 122 valence electrons. The highest BCUT2D eigenvalue weighted by molar-refractivity contribution is 9.10. The number of fused-ring (bicyclic) bond motifs is 1. The van der Waals surface area contributed by atoms with Crippen molar-refractivity contribution < 1.29 is 9.53 Å². The smallest absolute Gasteiger partial charge is 0.257 e. The lowest BCUT2D eigenvalue weighted by Crippen LogP contribution is -2.15. The first-order chi connectivity index (χ1) is 11.5. The number of anilines is 1. The van der Waals surface area contributed by atoms with E-state index in [-0.39, 0.29) is 5.91 Å². The molecule has 4 nitrogen and oxygen atoms in total. The third kappa shape index (κ3) is 3.26. The zero-order valence-electron chi connectivity index (χ0n) is 13.7. The van der Waals surface area contributed by atoms with Crippen molar-refractivity contribution >= 4 is 38.4 Å². The molecule has 0 aliphatic carbocycles. The summed E-state index contributed by atoms with van der Waals surface area (Å²) in [5.41, 5.74) is 3.87. The van der Waals surface area contributed by atoms with E-state index in [4.69, 9.17) is 4.74 Å². The molecule has 0 atom stereocenters. The van der Waals surface area contributed by atoms with Crippen molar-refractivity contribution in [3.05, 3.63) is 63.8 Å². The van der Waals surface area contributed by atoms with Crippen LogP contribution in [0.25, 0.3) is 10.9 Å². The first-order valence-electron chi connectivity index (χ1n) is 7.51. The molecule has 0 unspecified atom stereocenters. The van der Waals surface area contributed by atoms with Crippen LogP contribution >= 0.6 is 15.9 Å². The van der Waals surface area contributed by atoms with E-state index in [1.165, 1.54) is 0 Å². The van der Waals surface area contributed by atoms with Gasteiger partial charge < -0.3 is 10.1 Å². The maximum absolute atomic E-state index is 12.7. The summed E-state index contributed by atoms with van der Waals surface area (Å²) in [6.45, 7) is 3.86. The Morgan fingerprint density at radius 3 is 2.67 bits per heavy atom. The lowest BCUT2D eigenvalue weighted by atomic mass is 10.1. The molecule has 2 aromatic carbocycles. The van der Waals surface area contributed by atoms with Crippen LogP contribution in [0.4, 0.5) is 5.69 Å². The van der Waals surface area contributed by atoms with E-state index in [9.17, 15) is 4.79 Å². The van der Waals surface area contributed by atoms with Crippen LogP contribution in [-0.4, -0.2) is 18.0 Å². The SMILES string of the molecule is COc1ccc(Br)cc1NC(=O)c1cc2cc(C)ccc2nc1C. The predicted octanol–water partition coefficient (Wildman–Crippen LogP) is 4.88. The highest BCUT2D eigenvalue weighted by Gasteiger charge is 2.14. The Bertz CT molecular complexity index is 938. The molecule has 0 saturated carbocycles. The van der Waals surface area contributed by atoms with Crippen LogP contribution in [0.1, 0.15) is 21.6 Å². The fourth-order valence-electron chi connectivity index (χ4n) is 2.59. The summed E-state index contributed by atoms with van der Waals surface area (Å²) in [5.74, 6) is 0.397. The molecule has 0 aliphatic heterocycles. The van der Waals surface area contributed by atoms with Crippen LogP contribution in [0.3, 0.4) is 0 Å². The molecule has 0 saturated heterocycles. The van der Waals surface area contributed by atoms with E-state index in [2.05, 4.69) is 26.2 Å². The quantitative estimate of drug-likeness (QED) is 0.700. The molecule has 24 heavy (non-hydrogen) atoms. The summed E-state index contributed by atoms with van der Waals surface area (Å²) in [6, 6.07) is 13.4. The van der Waals surface area contributed by atoms with Gasteiger partial charge in [0, 0.05) is 9.86 Å². The molecule has 0 aliphatic rings. The number of carbonyl (C=O) groups is 1. The Morgan fingerprint density at radius 2 is 1.92 bits per heavy atom. The average molecular weight is 385 g/mol. The van der Waals surface area contributed by atoms with Gasteiger partial charge in [0.15, 0.2) is 0 Å². The van der Waals surface area contributed by atoms with Crippen LogP contribution in [0, 0.1) is 13.8 Å². The van der Waals surface area contributed by atoms with Gasteiger partial charge in [0.2, 0.25) is 0 Å². The fraction of sp³-hybridized carbons (Fsp3) is 0.158. The van der Waals surface area contributed by atoms with E-state index in [0.717, 1.165) is 20.9 Å². The summed E-state index contributed by atoms with van der Waals surface area (Å²) in [5, 5.41) is 3.86. The van der Waals surface area contributed by atoms with Crippen molar-refractivity contribution in [1.82, 2.24) is 4.98 Å². The van der Waals surface area contributed by atoms with Crippen LogP contribution < -0.4 is 10.1 Å². The number of ether oxygens (including phenoxy) is 1. The lowest BCUT2D eigenvalue weighted by molar-refractivity contribution is 0.102. The molecular weight excluding hydrogens is 368 g/mol. The zero-order valence-corrected chi connectivity index (χ0v) is 15.3. The Balaban J connectivity index is 1.99. The largest absolute Gasteiger partial charge is 0.495 e. The number of hydrogen-bond acceptors (Lipinski definition) is 3. The zero-order chi connectivity index (χ0) is 17.3. The molecule has 1 aromatic heterocycles. The number of nitrogens with zero attached hydrogens (tertiary/aromatic N) is 1. The van der Waals surface area contributed by atoms with Crippen molar-refractivity contribution in [2.45, 2.75) is 13.8 Å². The van der Waals surface area contributed by atoms with Crippen LogP contribution in [0.2, 0.25) is 0 Å². The van der Waals surface area contributed by atoms with Gasteiger partial charge in [0.25, 0.3) is 5.91 Å². The molecule has 0 bridgehead atoms. The second kappa shape index (κ2) is 6.61. The number of nitrogens with one attached hydrogen (secondary N) is 1. The van der Waals surface area contributed by atoms with E-state index in [0.29, 0.717) is 22.7 Å². The number of benzene rings is 2. The first kappa shape index (κ1) is 16.5. The Kier molecular flexibility index (Phi) is 4.53. The molecule has 0 fully saturated rings. The van der Waals surface area contributed by atoms with Gasteiger partial charge in [0.05, 0.1) is 29.6 Å². The number of pyridine rings is 1. The summed E-state index contributed by atoms with van der Waals surface area (Å²) in [4.78, 5) is 17.3. The predicted molar refractivity (Wildman–Crippen MR) is 99.9 cm³/mol. The number of rotatable bonds is 3. The van der Waals surface area contributed by atoms with E-state index in [1.807, 2.05) is 50.2 Å². The summed E-state index contributed by atoms with van der Waals surface area (Å²) < 4.78 is 6.17. The average Bonchev–Trinajstić information content (AvgIpc) is 2.54. The van der Waals surface area contributed by atoms with Crippen molar-refractivity contribution in [2.24, 2.45) is 0 Å². The van der Waals surface area contributed by atoms with Crippen molar-refractivity contribution in [3.63, 3.8) is 0 Å². The highest BCUT2D eigenvalue weighted by atomic mass is 79.9. The summed E-state index contributed by atoms with van der Waals surface area (Å²) in [6.07, 6.45) is 0. The third-order valence-corrected chi connectivity index (χ3v) is 4.31. The molecule has 1 N–H and O–H groups in total. The first-order valence-corrected chi connectivity index (χ1v) is 8.30. The number of aromatic nitrogens is 1. The molecule has 5 heteroatoms. The normalized spacial score (nSPS) is 10.7. The minimum absolute atomic E-state index is 0.209. The second-order valence-corrected chi connectivity index (χ2v) is 6.53. The van der Waals surface area contributed by atoms with Crippen molar-refractivity contribution in [3.8, 4) is 5.75 Å². The molecule has 1 amide bonds. The number of hydrogen-bond donors (Lipinski definition) is 1. The topological polar surface area (TPSA) is 51.2 Å². The number of amides is 1. The van der Waals surface area contributed by atoms with Crippen LogP contribution in [0.5, 0.6) is 5.75 Å². The molecule has 3 aromatic rings. The number of carbonyl (C=O) groups excluding carboxylic acids is 1. The third-order valence-electron chi connectivity index (χ3n) is 3.82.